The molecular formula is C11H16N4. The summed E-state index contributed by atoms with van der Waals surface area (Å²) < 4.78 is 1.87. The highest BCUT2D eigenvalue weighted by atomic mass is 15.3. The van der Waals surface area contributed by atoms with E-state index in [-0.39, 0.29) is 0 Å². The molecule has 1 aromatic rings. The highest BCUT2D eigenvalue weighted by Gasteiger charge is 2.12. The highest BCUT2D eigenvalue weighted by Crippen LogP contribution is 2.14. The number of rotatable bonds is 3. The fourth-order valence-corrected chi connectivity index (χ4v) is 2.03. The van der Waals surface area contributed by atoms with Gasteiger partial charge in [-0.3, -0.25) is 4.68 Å². The molecule has 80 valence electrons. The maximum Gasteiger partial charge on any atom is 0.102 e. The third kappa shape index (κ3) is 2.80. The first-order valence-electron chi connectivity index (χ1n) is 5.52. The van der Waals surface area contributed by atoms with E-state index in [1.165, 1.54) is 12.8 Å². The maximum atomic E-state index is 8.65. The minimum atomic E-state index is 0.650. The van der Waals surface area contributed by atoms with Crippen LogP contribution in [0.5, 0.6) is 0 Å². The first-order chi connectivity index (χ1) is 7.38. The van der Waals surface area contributed by atoms with Gasteiger partial charge in [-0.15, -0.1) is 0 Å². The van der Waals surface area contributed by atoms with Crippen molar-refractivity contribution in [2.45, 2.75) is 25.8 Å². The summed E-state index contributed by atoms with van der Waals surface area (Å²) in [5.74, 6) is 0.772. The maximum absolute atomic E-state index is 8.65. The zero-order valence-electron chi connectivity index (χ0n) is 8.82. The summed E-state index contributed by atoms with van der Waals surface area (Å²) >= 11 is 0. The summed E-state index contributed by atoms with van der Waals surface area (Å²) in [7, 11) is 0. The van der Waals surface area contributed by atoms with Crippen LogP contribution in [-0.2, 0) is 6.54 Å². The van der Waals surface area contributed by atoms with E-state index in [0.29, 0.717) is 5.56 Å². The molecule has 0 spiro atoms. The molecule has 1 atom stereocenters. The van der Waals surface area contributed by atoms with Crippen LogP contribution < -0.4 is 5.32 Å². The van der Waals surface area contributed by atoms with E-state index in [2.05, 4.69) is 16.5 Å². The number of nitrogens with one attached hydrogen (secondary N) is 1. The Labute approximate surface area is 89.9 Å². The Kier molecular flexibility index (Phi) is 3.36. The molecule has 0 amide bonds. The topological polar surface area (TPSA) is 53.6 Å². The second-order valence-corrected chi connectivity index (χ2v) is 4.10. The van der Waals surface area contributed by atoms with E-state index in [1.54, 1.807) is 6.20 Å². The molecule has 1 unspecified atom stereocenters. The number of nitriles is 1. The van der Waals surface area contributed by atoms with Crippen LogP contribution in [0.1, 0.15) is 24.8 Å². The lowest BCUT2D eigenvalue weighted by molar-refractivity contribution is 0.336. The van der Waals surface area contributed by atoms with Crippen molar-refractivity contribution in [3.05, 3.63) is 18.0 Å². The van der Waals surface area contributed by atoms with Gasteiger partial charge in [0.15, 0.2) is 0 Å². The van der Waals surface area contributed by atoms with Gasteiger partial charge in [-0.25, -0.2) is 0 Å². The van der Waals surface area contributed by atoms with Crippen LogP contribution in [0.3, 0.4) is 0 Å². The first-order valence-corrected chi connectivity index (χ1v) is 5.52. The lowest BCUT2D eigenvalue weighted by Crippen LogP contribution is -2.30. The van der Waals surface area contributed by atoms with Crippen LogP contribution >= 0.6 is 0 Å². The first kappa shape index (κ1) is 10.2. The molecule has 1 aliphatic rings. The Morgan fingerprint density at radius 3 is 3.27 bits per heavy atom. The molecule has 1 fully saturated rings. The van der Waals surface area contributed by atoms with Crippen molar-refractivity contribution in [1.29, 1.82) is 5.26 Å². The molecule has 1 saturated heterocycles. The zero-order chi connectivity index (χ0) is 10.5. The number of piperidine rings is 1. The Morgan fingerprint density at radius 1 is 1.67 bits per heavy atom. The Bertz CT molecular complexity index is 344. The smallest absolute Gasteiger partial charge is 0.102 e. The summed E-state index contributed by atoms with van der Waals surface area (Å²) in [6.45, 7) is 3.22. The lowest BCUT2D eigenvalue weighted by atomic mass is 9.96. The molecule has 0 radical (unpaired) electrons. The molecule has 0 bridgehead atoms. The number of nitrogens with zero attached hydrogens (tertiary/aromatic N) is 3. The van der Waals surface area contributed by atoms with Gasteiger partial charge in [-0.2, -0.15) is 10.4 Å². The van der Waals surface area contributed by atoms with Crippen LogP contribution in [0.4, 0.5) is 0 Å². The van der Waals surface area contributed by atoms with Crippen molar-refractivity contribution in [1.82, 2.24) is 15.1 Å². The molecule has 1 N–H and O–H groups in total. The van der Waals surface area contributed by atoms with Crippen molar-refractivity contribution < 1.29 is 0 Å². The van der Waals surface area contributed by atoms with Crippen LogP contribution in [0, 0.1) is 17.2 Å². The third-order valence-electron chi connectivity index (χ3n) is 2.93. The van der Waals surface area contributed by atoms with E-state index >= 15 is 0 Å². The normalized spacial score (nSPS) is 21.1. The molecule has 2 heterocycles. The largest absolute Gasteiger partial charge is 0.316 e. The van der Waals surface area contributed by atoms with Gasteiger partial charge in [0.2, 0.25) is 0 Å². The lowest BCUT2D eigenvalue weighted by Gasteiger charge is -2.22. The molecule has 1 aliphatic heterocycles. The predicted octanol–water partition coefficient (Wildman–Crippen LogP) is 1.14. The van der Waals surface area contributed by atoms with E-state index < -0.39 is 0 Å². The van der Waals surface area contributed by atoms with Gasteiger partial charge < -0.3 is 5.32 Å². The van der Waals surface area contributed by atoms with Crippen molar-refractivity contribution in [2.24, 2.45) is 5.92 Å². The second-order valence-electron chi connectivity index (χ2n) is 4.10. The van der Waals surface area contributed by atoms with Gasteiger partial charge in [-0.05, 0) is 38.3 Å². The molecular weight excluding hydrogens is 188 g/mol. The molecule has 4 heteroatoms. The summed E-state index contributed by atoms with van der Waals surface area (Å²) in [4.78, 5) is 0. The van der Waals surface area contributed by atoms with E-state index in [4.69, 9.17) is 5.26 Å². The average molecular weight is 204 g/mol. The second kappa shape index (κ2) is 4.94. The number of aromatic nitrogens is 2. The van der Waals surface area contributed by atoms with Gasteiger partial charge >= 0.3 is 0 Å². The molecule has 0 saturated carbocycles. The van der Waals surface area contributed by atoms with Gasteiger partial charge in [0, 0.05) is 12.7 Å². The average Bonchev–Trinajstić information content (AvgIpc) is 2.76. The molecule has 15 heavy (non-hydrogen) atoms. The summed E-state index contributed by atoms with van der Waals surface area (Å²) in [6, 6.07) is 2.09. The third-order valence-corrected chi connectivity index (χ3v) is 2.93. The van der Waals surface area contributed by atoms with E-state index in [1.807, 2.05) is 10.9 Å². The molecule has 4 nitrogen and oxygen atoms in total. The Hall–Kier alpha value is -1.34. The van der Waals surface area contributed by atoms with Crippen LogP contribution in [0.25, 0.3) is 0 Å². The SMILES string of the molecule is N#Cc1cnn(CCC2CCCNC2)c1. The van der Waals surface area contributed by atoms with Gasteiger partial charge in [0.25, 0.3) is 0 Å². The quantitative estimate of drug-likeness (QED) is 0.803. The number of hydrogen-bond acceptors (Lipinski definition) is 3. The molecule has 2 rings (SSSR count). The van der Waals surface area contributed by atoms with Gasteiger partial charge in [-0.1, -0.05) is 0 Å². The standard InChI is InChI=1S/C11H16N4/c12-6-11-8-14-15(9-11)5-3-10-2-1-4-13-7-10/h8-10,13H,1-5,7H2. The van der Waals surface area contributed by atoms with E-state index in [0.717, 1.165) is 32.0 Å². The number of hydrogen-bond donors (Lipinski definition) is 1. The van der Waals surface area contributed by atoms with Crippen molar-refractivity contribution >= 4 is 0 Å². The zero-order valence-corrected chi connectivity index (χ0v) is 8.82. The molecule has 1 aromatic heterocycles. The van der Waals surface area contributed by atoms with Crippen LogP contribution in [-0.4, -0.2) is 22.9 Å². The fourth-order valence-electron chi connectivity index (χ4n) is 2.03. The number of aryl methyl sites for hydroxylation is 1. The van der Waals surface area contributed by atoms with Crippen LogP contribution in [0.15, 0.2) is 12.4 Å². The van der Waals surface area contributed by atoms with Crippen LogP contribution in [0.2, 0.25) is 0 Å². The predicted molar refractivity (Wildman–Crippen MR) is 57.2 cm³/mol. The molecule has 0 aromatic carbocycles. The Balaban J connectivity index is 1.79. The van der Waals surface area contributed by atoms with Gasteiger partial charge in [0.05, 0.1) is 11.8 Å². The monoisotopic (exact) mass is 204 g/mol. The van der Waals surface area contributed by atoms with E-state index in [9.17, 15) is 0 Å². The summed E-state index contributed by atoms with van der Waals surface area (Å²) in [5, 5.41) is 16.2. The minimum absolute atomic E-state index is 0.650. The van der Waals surface area contributed by atoms with Crippen molar-refractivity contribution in [2.75, 3.05) is 13.1 Å². The van der Waals surface area contributed by atoms with Crippen molar-refractivity contribution in [3.63, 3.8) is 0 Å². The summed E-state index contributed by atoms with van der Waals surface area (Å²) in [5.41, 5.74) is 0.650. The molecule has 0 aliphatic carbocycles. The van der Waals surface area contributed by atoms with Gasteiger partial charge in [0.1, 0.15) is 6.07 Å². The van der Waals surface area contributed by atoms with Crippen molar-refractivity contribution in [3.8, 4) is 6.07 Å². The minimum Gasteiger partial charge on any atom is -0.316 e. The Morgan fingerprint density at radius 2 is 2.60 bits per heavy atom. The fraction of sp³-hybridized carbons (Fsp3) is 0.636. The highest BCUT2D eigenvalue weighted by molar-refractivity contribution is 5.21. The summed E-state index contributed by atoms with van der Waals surface area (Å²) in [6.07, 6.45) is 7.20.